The van der Waals surface area contributed by atoms with Crippen LogP contribution in [0.4, 0.5) is 5.82 Å². The first-order valence-electron chi connectivity index (χ1n) is 20.6. The van der Waals surface area contributed by atoms with Crippen molar-refractivity contribution >= 4 is 69.1 Å². The lowest BCUT2D eigenvalue weighted by Crippen LogP contribution is -2.47. The molecule has 0 aliphatic carbocycles. The van der Waals surface area contributed by atoms with Crippen LogP contribution in [0.1, 0.15) is 65.5 Å². The number of nitrogens with one attached hydrogen (secondary N) is 2. The Morgan fingerprint density at radius 1 is 1.01 bits per heavy atom. The van der Waals surface area contributed by atoms with Gasteiger partial charge in [0, 0.05) is 43.7 Å². The molecule has 0 aromatic carbocycles. The molecule has 0 radical (unpaired) electrons. The second-order valence-electron chi connectivity index (χ2n) is 15.9. The number of carbonyl (C=O) groups excluding carboxylic acids is 3. The molecule has 2 amide bonds. The zero-order valence-corrected chi connectivity index (χ0v) is 39.8. The number of phosphoric acid groups is 3. The third kappa shape index (κ3) is 18.1. The van der Waals surface area contributed by atoms with Gasteiger partial charge in [-0.15, -0.1) is 0 Å². The molecule has 28 nitrogen and oxygen atoms in total. The highest BCUT2D eigenvalue weighted by atomic mass is 32.2. The summed E-state index contributed by atoms with van der Waals surface area (Å²) in [6.45, 7) is 2.04. The van der Waals surface area contributed by atoms with Crippen LogP contribution >= 0.6 is 35.2 Å². The first-order valence-corrected chi connectivity index (χ1v) is 25.9. The highest BCUT2D eigenvalue weighted by molar-refractivity contribution is 8.14. The summed E-state index contributed by atoms with van der Waals surface area (Å²) in [5.41, 5.74) is 4.04. The van der Waals surface area contributed by atoms with Gasteiger partial charge in [0.1, 0.15) is 42.4 Å². The average Bonchev–Trinajstić information content (AvgIpc) is 3.80. The van der Waals surface area contributed by atoms with E-state index in [2.05, 4.69) is 43.5 Å². The van der Waals surface area contributed by atoms with Crippen molar-refractivity contribution in [2.45, 2.75) is 115 Å². The van der Waals surface area contributed by atoms with Gasteiger partial charge in [-0.2, -0.15) is 0 Å². The van der Waals surface area contributed by atoms with Gasteiger partial charge in [-0.1, -0.05) is 38.1 Å². The first-order chi connectivity index (χ1) is 31.3. The van der Waals surface area contributed by atoms with Crippen molar-refractivity contribution in [1.82, 2.24) is 30.2 Å². The lowest BCUT2D eigenvalue weighted by molar-refractivity contribution is -0.347. The van der Waals surface area contributed by atoms with E-state index in [1.807, 2.05) is 0 Å². The van der Waals surface area contributed by atoms with Gasteiger partial charge in [0.25, 0.3) is 15.6 Å². The molecule has 2 aromatic heterocycles. The lowest BCUT2D eigenvalue weighted by Gasteiger charge is -2.36. The van der Waals surface area contributed by atoms with Crippen LogP contribution in [-0.2, 0) is 60.2 Å². The number of fused-ring (bicyclic) bond motifs is 1. The third-order valence-corrected chi connectivity index (χ3v) is 13.8. The summed E-state index contributed by atoms with van der Waals surface area (Å²) >= 11 is 0.985. The zero-order valence-electron chi connectivity index (χ0n) is 36.3. The fourth-order valence-corrected chi connectivity index (χ4v) is 9.65. The molecule has 32 heteroatoms. The molecule has 8 N–H and O–H groups in total. The number of ether oxygens (including phenoxy) is 3. The number of aromatic nitrogens is 4. The predicted molar refractivity (Wildman–Crippen MR) is 223 cm³/mol. The van der Waals surface area contributed by atoms with Gasteiger partial charge in [-0.25, -0.2) is 19.3 Å². The summed E-state index contributed by atoms with van der Waals surface area (Å²) in [6, 6.07) is 0. The largest absolute Gasteiger partial charge is 0.790 e. The molecule has 0 bridgehead atoms. The van der Waals surface area contributed by atoms with E-state index < -0.39 is 109 Å². The molecule has 11 atom stereocenters. The van der Waals surface area contributed by atoms with E-state index in [-0.39, 0.29) is 53.8 Å². The first kappa shape index (κ1) is 56.7. The number of amides is 2. The van der Waals surface area contributed by atoms with E-state index in [9.17, 15) is 68.1 Å². The molecule has 4 heterocycles. The molecule has 0 saturated carbocycles. The number of rotatable bonds is 27. The normalized spacial score (nSPS) is 26.0. The molecule has 2 aliphatic heterocycles. The van der Waals surface area contributed by atoms with Crippen LogP contribution in [0.5, 0.6) is 0 Å². The Morgan fingerprint density at radius 3 is 2.45 bits per heavy atom. The van der Waals surface area contributed by atoms with Gasteiger partial charge in [0.05, 0.1) is 39.6 Å². The average molecular weight is 1030 g/mol. The van der Waals surface area contributed by atoms with Crippen LogP contribution in [-0.4, -0.2) is 145 Å². The standard InChI is InChI=1S/C35H58N7O21P3S/c1-20-21(43)15-22(44)34(60-20)57-13-8-6-4-5-7-9-25(46)67-14-12-37-24(45)10-11-38-32(49)29(48)35(2,3)17-59-66(55,56)63-65(53,54)58-16-23-28(62-64(50,51)52)27(47)33(61-23)42-19-41-26-30(36)39-18-40-31(26)42/h7,9,18-23,27-29,33-34,43-44,47-48H,4-6,8,10-17H2,1-3H3,(H,37,45)(H,38,49)(H,53,54)(H,55,56)(H2,36,39,40)(H2,50,51,52)/p-4/b9-7+/t20-,21+,22+,23+,27+,28+,29-,33+,34+/m0/s1. The van der Waals surface area contributed by atoms with Crippen LogP contribution < -0.4 is 35.9 Å². The minimum Gasteiger partial charge on any atom is -0.790 e. The Balaban J connectivity index is 1.10. The SMILES string of the molecule is C[C@@H]1O[C@@H](OCCCCC/C=C/C(=O)SCCNC(=O)CCNC(=O)[C@H](O)C(C)(C)COP(=O)([O-])OP(=O)([O-])OC[C@H]2O[C@@H](n3cnc4c(N)ncnc43)[C@H](O)[C@@H]2OP(=O)([O-])[O-])[C@H](O)C[C@H]1O. The summed E-state index contributed by atoms with van der Waals surface area (Å²) in [5.74, 6) is -1.35. The van der Waals surface area contributed by atoms with E-state index in [1.54, 1.807) is 13.0 Å². The van der Waals surface area contributed by atoms with Crippen LogP contribution in [0, 0.1) is 5.41 Å². The van der Waals surface area contributed by atoms with Gasteiger partial charge < -0.3 is 88.7 Å². The number of hydrogen-bond acceptors (Lipinski definition) is 26. The number of nitrogens with zero attached hydrogens (tertiary/aromatic N) is 4. The van der Waals surface area contributed by atoms with E-state index >= 15 is 0 Å². The number of nitrogens with two attached hydrogens (primary N) is 1. The maximum atomic E-state index is 12.6. The summed E-state index contributed by atoms with van der Waals surface area (Å²) in [4.78, 5) is 96.6. The molecule has 0 spiro atoms. The molecule has 2 aliphatic rings. The maximum absolute atomic E-state index is 12.6. The molecule has 2 aromatic rings. The van der Waals surface area contributed by atoms with Crippen molar-refractivity contribution in [3.63, 3.8) is 0 Å². The van der Waals surface area contributed by atoms with Gasteiger partial charge in [-0.3, -0.25) is 28.1 Å². The summed E-state index contributed by atoms with van der Waals surface area (Å²) < 4.78 is 71.7. The van der Waals surface area contributed by atoms with Crippen LogP contribution in [0.25, 0.3) is 11.2 Å². The number of imidazole rings is 1. The quantitative estimate of drug-likeness (QED) is 0.0269. The van der Waals surface area contributed by atoms with E-state index in [4.69, 9.17) is 19.9 Å². The molecular weight excluding hydrogens is 979 g/mol. The minimum absolute atomic E-state index is 0.0294. The Hall–Kier alpha value is -2.86. The van der Waals surface area contributed by atoms with Crippen LogP contribution in [0.3, 0.4) is 0 Å². The Morgan fingerprint density at radius 2 is 1.73 bits per heavy atom. The van der Waals surface area contributed by atoms with Crippen molar-refractivity contribution in [2.24, 2.45) is 5.41 Å². The zero-order chi connectivity index (χ0) is 49.7. The molecule has 2 unspecified atom stereocenters. The van der Waals surface area contributed by atoms with Crippen molar-refractivity contribution in [3.05, 3.63) is 24.8 Å². The van der Waals surface area contributed by atoms with Crippen molar-refractivity contribution in [2.75, 3.05) is 44.4 Å². The molecular formula is C35H54N7O21P3S-4. The second kappa shape index (κ2) is 25.3. The molecule has 4 rings (SSSR count). The molecule has 2 saturated heterocycles. The fraction of sp³-hybridized carbons (Fsp3) is 0.714. The highest BCUT2D eigenvalue weighted by Crippen LogP contribution is 2.56. The number of allylic oxidation sites excluding steroid dienone is 1. The second-order valence-corrected chi connectivity index (χ2v) is 21.0. The summed E-state index contributed by atoms with van der Waals surface area (Å²) in [7, 11) is -17.7. The summed E-state index contributed by atoms with van der Waals surface area (Å²) in [6.07, 6.45) is -4.17. The van der Waals surface area contributed by atoms with Crippen LogP contribution in [0.15, 0.2) is 24.8 Å². The van der Waals surface area contributed by atoms with Gasteiger partial charge in [-0.05, 0) is 32.3 Å². The van der Waals surface area contributed by atoms with Crippen molar-refractivity contribution < 1.29 is 100 Å². The predicted octanol–water partition coefficient (Wildman–Crippen LogP) is -2.87. The number of carbonyl (C=O) groups is 3. The van der Waals surface area contributed by atoms with E-state index in [1.165, 1.54) is 19.9 Å². The van der Waals surface area contributed by atoms with Gasteiger partial charge in [0.15, 0.2) is 24.0 Å². The van der Waals surface area contributed by atoms with Crippen molar-refractivity contribution in [3.8, 4) is 0 Å². The Bertz CT molecular complexity index is 2150. The molecule has 67 heavy (non-hydrogen) atoms. The Labute approximate surface area is 387 Å². The smallest absolute Gasteiger partial charge is 0.274 e. The number of aliphatic hydroxyl groups is 4. The number of unbranched alkanes of at least 4 members (excludes halogenated alkanes) is 3. The van der Waals surface area contributed by atoms with Crippen LogP contribution in [0.2, 0.25) is 0 Å². The van der Waals surface area contributed by atoms with E-state index in [0.717, 1.165) is 48.2 Å². The summed E-state index contributed by atoms with van der Waals surface area (Å²) in [5, 5.41) is 45.8. The fourth-order valence-electron chi connectivity index (χ4n) is 6.32. The van der Waals surface area contributed by atoms with Gasteiger partial charge in [0.2, 0.25) is 16.9 Å². The number of anilines is 1. The topological polar surface area (TPSA) is 434 Å². The van der Waals surface area contributed by atoms with E-state index in [0.29, 0.717) is 13.0 Å². The number of thioether (sulfide) groups is 1. The number of phosphoric ester groups is 3. The molecule has 2 fully saturated rings. The minimum atomic E-state index is -5.94. The monoisotopic (exact) mass is 1030 g/mol. The van der Waals surface area contributed by atoms with Crippen molar-refractivity contribution in [1.29, 1.82) is 0 Å². The van der Waals surface area contributed by atoms with Gasteiger partial charge >= 0.3 is 0 Å². The lowest BCUT2D eigenvalue weighted by atomic mass is 9.87. The third-order valence-electron chi connectivity index (χ3n) is 9.96. The number of hydrogen-bond donors (Lipinski definition) is 7. The Kier molecular flexibility index (Phi) is 21.4. The molecule has 380 valence electrons. The maximum Gasteiger partial charge on any atom is 0.274 e. The highest BCUT2D eigenvalue weighted by Gasteiger charge is 2.47. The number of nitrogen functional groups attached to an aromatic ring is 1. The number of aliphatic hydroxyl groups excluding tert-OH is 4.